The van der Waals surface area contributed by atoms with Gasteiger partial charge < -0.3 is 10.3 Å². The molecule has 82 valence electrons. The number of rotatable bonds is 3. The minimum Gasteiger partial charge on any atom is -0.460 e. The molecule has 0 bridgehead atoms. The predicted molar refractivity (Wildman–Crippen MR) is 60.9 cm³/mol. The topological polar surface area (TPSA) is 62.7 Å². The van der Waals surface area contributed by atoms with Gasteiger partial charge in [0.1, 0.15) is 0 Å². The van der Waals surface area contributed by atoms with Gasteiger partial charge in [0.05, 0.1) is 7.11 Å². The van der Waals surface area contributed by atoms with E-state index < -0.39 is 5.97 Å². The fourth-order valence-corrected chi connectivity index (χ4v) is 1.10. The van der Waals surface area contributed by atoms with E-state index in [0.29, 0.717) is 0 Å². The number of ether oxygens (including phenoxy) is 1. The van der Waals surface area contributed by atoms with E-state index in [2.05, 4.69) is 9.53 Å². The van der Waals surface area contributed by atoms with Crippen LogP contribution in [0.25, 0.3) is 11.6 Å². The number of methoxy groups -OCH3 is 1. The van der Waals surface area contributed by atoms with Crippen LogP contribution in [0, 0.1) is 6.92 Å². The molecule has 0 aliphatic rings. The van der Waals surface area contributed by atoms with Crippen LogP contribution in [0.4, 0.5) is 0 Å². The van der Waals surface area contributed by atoms with Gasteiger partial charge in [-0.2, -0.15) is 4.79 Å². The maximum absolute atomic E-state index is 11.1. The van der Waals surface area contributed by atoms with E-state index in [-0.39, 0.29) is 5.71 Å². The summed E-state index contributed by atoms with van der Waals surface area (Å²) in [7, 11) is 1.23. The predicted octanol–water partition coefficient (Wildman–Crippen LogP) is 1.85. The third-order valence-corrected chi connectivity index (χ3v) is 2.01. The van der Waals surface area contributed by atoms with Gasteiger partial charge in [0.2, 0.25) is 0 Å². The van der Waals surface area contributed by atoms with Gasteiger partial charge in [-0.25, -0.2) is 4.79 Å². The van der Waals surface area contributed by atoms with Crippen molar-refractivity contribution in [3.8, 4) is 0 Å². The molecule has 1 aromatic rings. The Hall–Kier alpha value is -2.19. The standard InChI is InChI=1S/C12H12N2O2/c1-9-3-5-10(6-4-9)7-8-11(14-13)12(15)16-2/h3-8H,1-2H3/b8-7+. The van der Waals surface area contributed by atoms with Crippen LogP contribution < -0.4 is 0 Å². The smallest absolute Gasteiger partial charge is 0.421 e. The zero-order valence-corrected chi connectivity index (χ0v) is 9.18. The summed E-state index contributed by atoms with van der Waals surface area (Å²) in [6.45, 7) is 1.99. The average molecular weight is 216 g/mol. The number of esters is 1. The Bertz CT molecular complexity index is 454. The van der Waals surface area contributed by atoms with Gasteiger partial charge in [-0.1, -0.05) is 29.8 Å². The molecule has 0 N–H and O–H groups in total. The van der Waals surface area contributed by atoms with Crippen molar-refractivity contribution in [3.05, 3.63) is 47.0 Å². The third kappa shape index (κ3) is 3.19. The van der Waals surface area contributed by atoms with Crippen molar-refractivity contribution >= 4 is 17.8 Å². The highest BCUT2D eigenvalue weighted by Gasteiger charge is 2.16. The third-order valence-electron chi connectivity index (χ3n) is 2.01. The molecular formula is C12H12N2O2. The van der Waals surface area contributed by atoms with Gasteiger partial charge in [0.25, 0.3) is 0 Å². The number of carbonyl (C=O) groups is 1. The first-order valence-corrected chi connectivity index (χ1v) is 4.72. The zero-order valence-electron chi connectivity index (χ0n) is 9.18. The molecule has 1 rings (SSSR count). The maximum Gasteiger partial charge on any atom is 0.421 e. The molecule has 0 aliphatic carbocycles. The second-order valence-corrected chi connectivity index (χ2v) is 3.22. The molecule has 0 radical (unpaired) electrons. The van der Waals surface area contributed by atoms with E-state index in [0.717, 1.165) is 11.1 Å². The van der Waals surface area contributed by atoms with Crippen LogP contribution in [0.3, 0.4) is 0 Å². The van der Waals surface area contributed by atoms with Crippen molar-refractivity contribution in [1.82, 2.24) is 0 Å². The van der Waals surface area contributed by atoms with E-state index in [1.165, 1.54) is 13.2 Å². The van der Waals surface area contributed by atoms with Crippen LogP contribution in [0.2, 0.25) is 0 Å². The number of hydrogen-bond donors (Lipinski definition) is 0. The Kier molecular flexibility index (Phi) is 4.18. The average Bonchev–Trinajstić information content (AvgIpc) is 2.31. The largest absolute Gasteiger partial charge is 0.460 e. The summed E-state index contributed by atoms with van der Waals surface area (Å²) in [5.74, 6) is -0.675. The van der Waals surface area contributed by atoms with Gasteiger partial charge >= 0.3 is 11.7 Å². The first-order chi connectivity index (χ1) is 7.67. The van der Waals surface area contributed by atoms with Gasteiger partial charge in [-0.3, -0.25) is 0 Å². The molecule has 1 aromatic carbocycles. The molecule has 0 atom stereocenters. The summed E-state index contributed by atoms with van der Waals surface area (Å²) in [5, 5.41) is 0. The van der Waals surface area contributed by atoms with Crippen LogP contribution in [-0.4, -0.2) is 23.6 Å². The lowest BCUT2D eigenvalue weighted by Gasteiger charge is -1.93. The molecule has 16 heavy (non-hydrogen) atoms. The molecule has 0 amide bonds. The number of aryl methyl sites for hydroxylation is 1. The fraction of sp³-hybridized carbons (Fsp3) is 0.167. The van der Waals surface area contributed by atoms with Crippen molar-refractivity contribution in [2.75, 3.05) is 7.11 Å². The molecule has 0 unspecified atom stereocenters. The van der Waals surface area contributed by atoms with Crippen LogP contribution in [0.1, 0.15) is 11.1 Å². The Balaban J connectivity index is 2.84. The summed E-state index contributed by atoms with van der Waals surface area (Å²) in [6.07, 6.45) is 3.07. The van der Waals surface area contributed by atoms with Gasteiger partial charge in [-0.15, -0.1) is 0 Å². The molecule has 0 aromatic heterocycles. The number of benzene rings is 1. The van der Waals surface area contributed by atoms with Gasteiger partial charge in [0, 0.05) is 6.08 Å². The van der Waals surface area contributed by atoms with E-state index in [9.17, 15) is 4.79 Å². The Morgan fingerprint density at radius 1 is 1.38 bits per heavy atom. The normalized spacial score (nSPS) is 9.88. The molecular weight excluding hydrogens is 204 g/mol. The summed E-state index contributed by atoms with van der Waals surface area (Å²) < 4.78 is 4.43. The lowest BCUT2D eigenvalue weighted by atomic mass is 10.1. The number of nitrogens with zero attached hydrogens (tertiary/aromatic N) is 2. The van der Waals surface area contributed by atoms with E-state index >= 15 is 0 Å². The second kappa shape index (κ2) is 5.63. The van der Waals surface area contributed by atoms with E-state index in [1.54, 1.807) is 6.08 Å². The fourth-order valence-electron chi connectivity index (χ4n) is 1.10. The summed E-state index contributed by atoms with van der Waals surface area (Å²) in [4.78, 5) is 13.9. The molecule has 0 aliphatic heterocycles. The lowest BCUT2D eigenvalue weighted by Crippen LogP contribution is -2.13. The van der Waals surface area contributed by atoms with E-state index in [4.69, 9.17) is 5.53 Å². The molecule has 0 saturated carbocycles. The maximum atomic E-state index is 11.1. The molecule has 0 fully saturated rings. The second-order valence-electron chi connectivity index (χ2n) is 3.22. The minimum atomic E-state index is -0.675. The van der Waals surface area contributed by atoms with Crippen molar-refractivity contribution in [2.24, 2.45) is 0 Å². The first-order valence-electron chi connectivity index (χ1n) is 4.72. The van der Waals surface area contributed by atoms with Crippen LogP contribution in [0.5, 0.6) is 0 Å². The SMILES string of the molecule is COC(=O)C(/C=C/c1ccc(C)cc1)=[N+]=[N-]. The molecule has 4 nitrogen and oxygen atoms in total. The lowest BCUT2D eigenvalue weighted by molar-refractivity contribution is -0.137. The van der Waals surface area contributed by atoms with Crippen molar-refractivity contribution in [2.45, 2.75) is 6.92 Å². The molecule has 0 heterocycles. The van der Waals surface area contributed by atoms with Crippen LogP contribution in [-0.2, 0) is 9.53 Å². The van der Waals surface area contributed by atoms with Gasteiger partial charge in [0.15, 0.2) is 0 Å². The molecule has 0 spiro atoms. The number of hydrogen-bond acceptors (Lipinski definition) is 2. The van der Waals surface area contributed by atoms with Crippen molar-refractivity contribution < 1.29 is 14.3 Å². The highest BCUT2D eigenvalue weighted by Crippen LogP contribution is 2.04. The van der Waals surface area contributed by atoms with Crippen molar-refractivity contribution in [3.63, 3.8) is 0 Å². The quantitative estimate of drug-likeness (QED) is 0.335. The highest BCUT2D eigenvalue weighted by atomic mass is 16.5. The minimum absolute atomic E-state index is 0.136. The molecule has 0 saturated heterocycles. The Morgan fingerprint density at radius 2 is 2.00 bits per heavy atom. The summed E-state index contributed by atoms with van der Waals surface area (Å²) in [5.41, 5.74) is 10.5. The number of carbonyl (C=O) groups excluding carboxylic acids is 1. The Labute approximate surface area is 93.8 Å². The monoisotopic (exact) mass is 216 g/mol. The van der Waals surface area contributed by atoms with Crippen LogP contribution in [0.15, 0.2) is 30.3 Å². The van der Waals surface area contributed by atoms with Gasteiger partial charge in [-0.05, 0) is 18.6 Å². The van der Waals surface area contributed by atoms with Crippen molar-refractivity contribution in [1.29, 1.82) is 0 Å². The summed E-state index contributed by atoms with van der Waals surface area (Å²) in [6, 6.07) is 7.71. The Morgan fingerprint density at radius 3 is 2.50 bits per heavy atom. The summed E-state index contributed by atoms with van der Waals surface area (Å²) >= 11 is 0. The molecule has 4 heteroatoms. The highest BCUT2D eigenvalue weighted by molar-refractivity contribution is 6.39. The zero-order chi connectivity index (χ0) is 12.0. The van der Waals surface area contributed by atoms with E-state index in [1.807, 2.05) is 31.2 Å². The van der Waals surface area contributed by atoms with Crippen LogP contribution >= 0.6 is 0 Å². The first kappa shape index (κ1) is 11.9.